The number of methoxy groups -OCH3 is 1. The van der Waals surface area contributed by atoms with Crippen LogP contribution in [0.25, 0.3) is 0 Å². The topological polar surface area (TPSA) is 108 Å². The number of halogens is 1. The fourth-order valence-corrected chi connectivity index (χ4v) is 6.43. The number of benzene rings is 3. The summed E-state index contributed by atoms with van der Waals surface area (Å²) in [6, 6.07) is 15.8. The minimum absolute atomic E-state index is 0.0696. The van der Waals surface area contributed by atoms with Gasteiger partial charge in [0.15, 0.2) is 0 Å². The first kappa shape index (κ1) is 29.3. The van der Waals surface area contributed by atoms with Crippen molar-refractivity contribution in [3.63, 3.8) is 0 Å². The standard InChI is InChI=1S/C32H33BrN4O5/c1-19-14-23(33)15-20(2)29(19)37-12-5-8-26(32(37)41)35-31(40)30(39)34-24-10-9-22-11-13-36(27(22)18-24)28(38)17-21-6-4-7-25(16-21)42-3/h4,6-7,9-10,14-16,18,26H,5,8,11-13,17H2,1-3H3,(H,34,39)(H,35,40). The van der Waals surface area contributed by atoms with Crippen molar-refractivity contribution in [1.82, 2.24) is 5.32 Å². The number of carbonyl (C=O) groups excluding carboxylic acids is 4. The summed E-state index contributed by atoms with van der Waals surface area (Å²) >= 11 is 3.49. The number of carbonyl (C=O) groups is 4. The molecule has 42 heavy (non-hydrogen) atoms. The van der Waals surface area contributed by atoms with Gasteiger partial charge in [-0.2, -0.15) is 0 Å². The van der Waals surface area contributed by atoms with Gasteiger partial charge in [0, 0.05) is 34.6 Å². The fourth-order valence-electron chi connectivity index (χ4n) is 5.74. The number of fused-ring (bicyclic) bond motifs is 1. The number of piperidine rings is 1. The van der Waals surface area contributed by atoms with Crippen molar-refractivity contribution in [3.8, 4) is 5.75 Å². The average molecular weight is 634 g/mol. The summed E-state index contributed by atoms with van der Waals surface area (Å²) in [5.41, 5.74) is 5.67. The summed E-state index contributed by atoms with van der Waals surface area (Å²) in [5.74, 6) is -1.38. The number of hydrogen-bond donors (Lipinski definition) is 2. The summed E-state index contributed by atoms with van der Waals surface area (Å²) in [4.78, 5) is 55.6. The Morgan fingerprint density at radius 3 is 2.50 bits per heavy atom. The SMILES string of the molecule is COc1cccc(CC(=O)N2CCc3ccc(NC(=O)C(=O)NC4CCCN(c5c(C)cc(Br)cc5C)C4=O)cc32)c1. The van der Waals surface area contributed by atoms with Crippen molar-refractivity contribution in [2.75, 3.05) is 35.3 Å². The Bertz CT molecular complexity index is 1550. The Morgan fingerprint density at radius 2 is 1.76 bits per heavy atom. The molecule has 3 aromatic rings. The Balaban J connectivity index is 1.23. The molecule has 2 aliphatic rings. The maximum absolute atomic E-state index is 13.3. The molecule has 0 radical (unpaired) electrons. The van der Waals surface area contributed by atoms with Crippen molar-refractivity contribution in [3.05, 3.63) is 81.3 Å². The van der Waals surface area contributed by atoms with E-state index in [4.69, 9.17) is 4.74 Å². The van der Waals surface area contributed by atoms with E-state index in [9.17, 15) is 19.2 Å². The molecule has 4 amide bonds. The van der Waals surface area contributed by atoms with Crippen molar-refractivity contribution < 1.29 is 23.9 Å². The lowest BCUT2D eigenvalue weighted by atomic mass is 10.0. The summed E-state index contributed by atoms with van der Waals surface area (Å²) in [5, 5.41) is 5.26. The van der Waals surface area contributed by atoms with E-state index in [1.807, 2.05) is 56.3 Å². The molecule has 0 aromatic heterocycles. The highest BCUT2D eigenvalue weighted by Gasteiger charge is 2.34. The number of nitrogens with zero attached hydrogens (tertiary/aromatic N) is 2. The van der Waals surface area contributed by atoms with Crippen LogP contribution in [0.15, 0.2) is 59.1 Å². The Labute approximate surface area is 253 Å². The van der Waals surface area contributed by atoms with E-state index >= 15 is 0 Å². The first-order valence-electron chi connectivity index (χ1n) is 13.9. The smallest absolute Gasteiger partial charge is 0.313 e. The molecule has 0 aliphatic carbocycles. The van der Waals surface area contributed by atoms with E-state index in [0.29, 0.717) is 49.5 Å². The van der Waals surface area contributed by atoms with Gasteiger partial charge in [0.05, 0.1) is 13.5 Å². The Kier molecular flexibility index (Phi) is 8.63. The van der Waals surface area contributed by atoms with Crippen LogP contribution < -0.4 is 25.2 Å². The van der Waals surface area contributed by atoms with Crippen LogP contribution >= 0.6 is 15.9 Å². The van der Waals surface area contributed by atoms with Crippen LogP contribution in [-0.4, -0.2) is 49.9 Å². The Morgan fingerprint density at radius 1 is 1.00 bits per heavy atom. The molecule has 2 aliphatic heterocycles. The molecular weight excluding hydrogens is 600 g/mol. The number of nitrogens with one attached hydrogen (secondary N) is 2. The minimum Gasteiger partial charge on any atom is -0.497 e. The van der Waals surface area contributed by atoms with Gasteiger partial charge in [-0.3, -0.25) is 19.2 Å². The van der Waals surface area contributed by atoms with Gasteiger partial charge in [-0.05, 0) is 91.8 Å². The fraction of sp³-hybridized carbons (Fsp3) is 0.312. The molecule has 218 valence electrons. The molecule has 0 saturated carbocycles. The Hall–Kier alpha value is -4.18. The molecule has 1 atom stereocenters. The molecule has 10 heteroatoms. The van der Waals surface area contributed by atoms with Crippen LogP contribution in [0.1, 0.15) is 35.1 Å². The van der Waals surface area contributed by atoms with Crippen molar-refractivity contribution in [2.45, 2.75) is 45.6 Å². The normalized spacial score (nSPS) is 16.2. The highest BCUT2D eigenvalue weighted by atomic mass is 79.9. The number of aryl methyl sites for hydroxylation is 2. The second-order valence-electron chi connectivity index (χ2n) is 10.7. The number of amides is 4. The van der Waals surface area contributed by atoms with Gasteiger partial charge in [-0.1, -0.05) is 34.1 Å². The first-order chi connectivity index (χ1) is 20.1. The summed E-state index contributed by atoms with van der Waals surface area (Å²) in [6.45, 7) is 4.97. The maximum Gasteiger partial charge on any atom is 0.313 e. The largest absolute Gasteiger partial charge is 0.497 e. The van der Waals surface area contributed by atoms with Gasteiger partial charge >= 0.3 is 11.8 Å². The van der Waals surface area contributed by atoms with E-state index in [1.165, 1.54) is 0 Å². The zero-order valence-electron chi connectivity index (χ0n) is 23.8. The second-order valence-corrected chi connectivity index (χ2v) is 11.6. The third kappa shape index (κ3) is 6.18. The minimum atomic E-state index is -0.883. The lowest BCUT2D eigenvalue weighted by molar-refractivity contribution is -0.138. The quantitative estimate of drug-likeness (QED) is 0.390. The maximum atomic E-state index is 13.3. The molecule has 2 heterocycles. The van der Waals surface area contributed by atoms with Crippen LogP contribution in [0.3, 0.4) is 0 Å². The van der Waals surface area contributed by atoms with Gasteiger partial charge in [0.25, 0.3) is 0 Å². The number of rotatable bonds is 6. The van der Waals surface area contributed by atoms with Gasteiger partial charge in [-0.25, -0.2) is 0 Å². The van der Waals surface area contributed by atoms with Gasteiger partial charge in [0.1, 0.15) is 11.8 Å². The lowest BCUT2D eigenvalue weighted by Crippen LogP contribution is -2.54. The van der Waals surface area contributed by atoms with E-state index < -0.39 is 17.9 Å². The van der Waals surface area contributed by atoms with E-state index in [1.54, 1.807) is 29.0 Å². The molecule has 1 saturated heterocycles. The molecule has 1 unspecified atom stereocenters. The molecule has 3 aromatic carbocycles. The van der Waals surface area contributed by atoms with Crippen molar-refractivity contribution >= 4 is 56.6 Å². The number of anilines is 3. The van der Waals surface area contributed by atoms with Crippen LogP contribution in [-0.2, 0) is 32.0 Å². The summed E-state index contributed by atoms with van der Waals surface area (Å²) < 4.78 is 6.20. The highest BCUT2D eigenvalue weighted by Crippen LogP contribution is 2.33. The van der Waals surface area contributed by atoms with Crippen LogP contribution in [0.4, 0.5) is 17.1 Å². The van der Waals surface area contributed by atoms with Gasteiger partial charge in [0.2, 0.25) is 11.8 Å². The third-order valence-electron chi connectivity index (χ3n) is 7.71. The highest BCUT2D eigenvalue weighted by molar-refractivity contribution is 9.10. The van der Waals surface area contributed by atoms with Crippen LogP contribution in [0.2, 0.25) is 0 Å². The predicted molar refractivity (Wildman–Crippen MR) is 165 cm³/mol. The van der Waals surface area contributed by atoms with E-state index in [2.05, 4.69) is 26.6 Å². The predicted octanol–water partition coefficient (Wildman–Crippen LogP) is 4.46. The molecule has 2 N–H and O–H groups in total. The van der Waals surface area contributed by atoms with Gasteiger partial charge < -0.3 is 25.2 Å². The molecule has 1 fully saturated rings. The monoisotopic (exact) mass is 632 g/mol. The van der Waals surface area contributed by atoms with Crippen LogP contribution in [0, 0.1) is 13.8 Å². The zero-order chi connectivity index (χ0) is 30.0. The molecule has 0 bridgehead atoms. The van der Waals surface area contributed by atoms with E-state index in [0.717, 1.165) is 32.4 Å². The molecule has 9 nitrogen and oxygen atoms in total. The number of ether oxygens (including phenoxy) is 1. The lowest BCUT2D eigenvalue weighted by Gasteiger charge is -2.34. The van der Waals surface area contributed by atoms with E-state index in [-0.39, 0.29) is 18.2 Å². The van der Waals surface area contributed by atoms with Crippen molar-refractivity contribution in [2.24, 2.45) is 0 Å². The number of hydrogen-bond acceptors (Lipinski definition) is 5. The van der Waals surface area contributed by atoms with Gasteiger partial charge in [-0.15, -0.1) is 0 Å². The molecule has 5 rings (SSSR count). The molecular formula is C32H33BrN4O5. The molecule has 0 spiro atoms. The summed E-state index contributed by atoms with van der Waals surface area (Å²) in [7, 11) is 1.58. The zero-order valence-corrected chi connectivity index (χ0v) is 25.4. The van der Waals surface area contributed by atoms with Crippen molar-refractivity contribution in [1.29, 1.82) is 0 Å². The third-order valence-corrected chi connectivity index (χ3v) is 8.16. The van der Waals surface area contributed by atoms with Crippen LogP contribution in [0.5, 0.6) is 5.75 Å². The second kappa shape index (κ2) is 12.4. The first-order valence-corrected chi connectivity index (χ1v) is 14.7. The summed E-state index contributed by atoms with van der Waals surface area (Å²) in [6.07, 6.45) is 2.05. The average Bonchev–Trinajstić information content (AvgIpc) is 3.38.